The standard InChI is InChI=1S/C25H16Cl2F2N6O2S2/c1-30-25-31-11-10-18(33-25)22-21(34-24(38-22)19-9-8-13(28)12-32-19)14-4-2-7-17(20(14)29)35-39(36,37)23-15(26)5-3-6-16(23)27/h2-12,35H,1H3,(H,30,31,33). The summed E-state index contributed by atoms with van der Waals surface area (Å²) in [6.07, 6.45) is 2.58. The first kappa shape index (κ1) is 26.9. The van der Waals surface area contributed by atoms with Gasteiger partial charge in [-0.05, 0) is 42.5 Å². The van der Waals surface area contributed by atoms with Crippen LogP contribution in [0, 0.1) is 11.6 Å². The van der Waals surface area contributed by atoms with Crippen LogP contribution in [0.4, 0.5) is 20.4 Å². The minimum Gasteiger partial charge on any atom is -0.357 e. The molecule has 0 amide bonds. The second-order valence-electron chi connectivity index (χ2n) is 7.90. The minimum absolute atomic E-state index is 0.00955. The molecule has 5 rings (SSSR count). The summed E-state index contributed by atoms with van der Waals surface area (Å²) < 4.78 is 57.9. The number of aromatic nitrogens is 4. The van der Waals surface area contributed by atoms with Crippen LogP contribution >= 0.6 is 34.5 Å². The molecule has 0 radical (unpaired) electrons. The Labute approximate surface area is 235 Å². The average molecular weight is 605 g/mol. The predicted molar refractivity (Wildman–Crippen MR) is 149 cm³/mol. The molecule has 39 heavy (non-hydrogen) atoms. The maximum absolute atomic E-state index is 16.0. The zero-order chi connectivity index (χ0) is 27.7. The first-order valence-corrected chi connectivity index (χ1v) is 14.1. The Morgan fingerprint density at radius 2 is 1.64 bits per heavy atom. The van der Waals surface area contributed by atoms with Crippen molar-refractivity contribution in [3.8, 4) is 32.5 Å². The van der Waals surface area contributed by atoms with Crippen molar-refractivity contribution in [2.45, 2.75) is 4.90 Å². The lowest BCUT2D eigenvalue weighted by Gasteiger charge is -2.13. The fraction of sp³-hybridized carbons (Fsp3) is 0.0400. The topological polar surface area (TPSA) is 110 Å². The molecule has 198 valence electrons. The summed E-state index contributed by atoms with van der Waals surface area (Å²) >= 11 is 13.3. The monoisotopic (exact) mass is 604 g/mol. The lowest BCUT2D eigenvalue weighted by molar-refractivity contribution is 0.599. The molecule has 2 N–H and O–H groups in total. The number of nitrogens with zero attached hydrogens (tertiary/aromatic N) is 4. The van der Waals surface area contributed by atoms with Crippen LogP contribution in [0.5, 0.6) is 0 Å². The number of sulfonamides is 1. The molecular weight excluding hydrogens is 589 g/mol. The zero-order valence-corrected chi connectivity index (χ0v) is 22.9. The minimum atomic E-state index is -4.36. The van der Waals surface area contributed by atoms with E-state index in [2.05, 4.69) is 30.0 Å². The summed E-state index contributed by atoms with van der Waals surface area (Å²) in [6.45, 7) is 0. The largest absolute Gasteiger partial charge is 0.357 e. The van der Waals surface area contributed by atoms with Crippen LogP contribution in [0.15, 0.2) is 71.9 Å². The summed E-state index contributed by atoms with van der Waals surface area (Å²) in [5.74, 6) is -1.08. The van der Waals surface area contributed by atoms with Gasteiger partial charge >= 0.3 is 0 Å². The molecule has 0 bridgehead atoms. The summed E-state index contributed by atoms with van der Waals surface area (Å²) in [7, 11) is -2.70. The van der Waals surface area contributed by atoms with E-state index >= 15 is 4.39 Å². The highest BCUT2D eigenvalue weighted by Crippen LogP contribution is 2.42. The molecule has 0 unspecified atom stereocenters. The molecule has 5 aromatic rings. The van der Waals surface area contributed by atoms with Crippen LogP contribution in [-0.2, 0) is 10.0 Å². The molecule has 0 aliphatic carbocycles. The number of benzene rings is 2. The number of halogens is 4. The van der Waals surface area contributed by atoms with E-state index in [-0.39, 0.29) is 31.9 Å². The van der Waals surface area contributed by atoms with E-state index in [1.165, 1.54) is 54.7 Å². The third kappa shape index (κ3) is 5.41. The number of rotatable bonds is 7. The highest BCUT2D eigenvalue weighted by atomic mass is 35.5. The van der Waals surface area contributed by atoms with Gasteiger partial charge in [-0.2, -0.15) is 0 Å². The van der Waals surface area contributed by atoms with E-state index in [9.17, 15) is 12.8 Å². The Morgan fingerprint density at radius 1 is 0.897 bits per heavy atom. The van der Waals surface area contributed by atoms with Gasteiger partial charge in [0.2, 0.25) is 5.95 Å². The lowest BCUT2D eigenvalue weighted by Crippen LogP contribution is -2.15. The highest BCUT2D eigenvalue weighted by molar-refractivity contribution is 7.93. The Morgan fingerprint density at radius 3 is 2.33 bits per heavy atom. The molecule has 0 spiro atoms. The fourth-order valence-corrected chi connectivity index (χ4v) is 6.85. The van der Waals surface area contributed by atoms with Gasteiger partial charge in [0.05, 0.1) is 43.9 Å². The number of thiazole rings is 1. The van der Waals surface area contributed by atoms with E-state index in [0.717, 1.165) is 17.5 Å². The molecule has 3 aromatic heterocycles. The molecule has 0 aliphatic rings. The number of hydrogen-bond donors (Lipinski definition) is 2. The van der Waals surface area contributed by atoms with E-state index in [4.69, 9.17) is 23.2 Å². The molecule has 0 aliphatic heterocycles. The van der Waals surface area contributed by atoms with Gasteiger partial charge in [0.1, 0.15) is 15.7 Å². The molecular formula is C25H16Cl2F2N6O2S2. The van der Waals surface area contributed by atoms with Crippen molar-refractivity contribution in [3.05, 3.63) is 88.7 Å². The normalized spacial score (nSPS) is 11.4. The Kier molecular flexibility index (Phi) is 7.45. The number of nitrogens with one attached hydrogen (secondary N) is 2. The smallest absolute Gasteiger partial charge is 0.264 e. The first-order chi connectivity index (χ1) is 18.7. The molecule has 0 fully saturated rings. The van der Waals surface area contributed by atoms with Gasteiger partial charge in [-0.3, -0.25) is 9.71 Å². The van der Waals surface area contributed by atoms with Crippen molar-refractivity contribution in [2.75, 3.05) is 17.1 Å². The average Bonchev–Trinajstić information content (AvgIpc) is 3.35. The second-order valence-corrected chi connectivity index (χ2v) is 11.3. The van der Waals surface area contributed by atoms with Crippen molar-refractivity contribution in [1.29, 1.82) is 0 Å². The zero-order valence-electron chi connectivity index (χ0n) is 19.8. The van der Waals surface area contributed by atoms with E-state index < -0.39 is 21.7 Å². The van der Waals surface area contributed by atoms with E-state index in [1.807, 2.05) is 0 Å². The quantitative estimate of drug-likeness (QED) is 0.211. The van der Waals surface area contributed by atoms with E-state index in [0.29, 0.717) is 27.2 Å². The maximum Gasteiger partial charge on any atom is 0.264 e. The van der Waals surface area contributed by atoms with Gasteiger partial charge in [0, 0.05) is 18.8 Å². The van der Waals surface area contributed by atoms with Gasteiger partial charge in [-0.15, -0.1) is 11.3 Å². The summed E-state index contributed by atoms with van der Waals surface area (Å²) in [6, 6.07) is 12.7. The third-order valence-electron chi connectivity index (χ3n) is 5.37. The molecule has 0 saturated carbocycles. The highest BCUT2D eigenvalue weighted by Gasteiger charge is 2.26. The van der Waals surface area contributed by atoms with Crippen LogP contribution in [0.3, 0.4) is 0 Å². The summed E-state index contributed by atoms with van der Waals surface area (Å²) in [5.41, 5.74) is 0.620. The first-order valence-electron chi connectivity index (χ1n) is 11.1. The number of anilines is 2. The van der Waals surface area contributed by atoms with E-state index in [1.54, 1.807) is 13.1 Å². The van der Waals surface area contributed by atoms with Crippen molar-refractivity contribution in [3.63, 3.8) is 0 Å². The van der Waals surface area contributed by atoms with Crippen molar-refractivity contribution in [1.82, 2.24) is 19.9 Å². The Hall–Kier alpha value is -3.71. The summed E-state index contributed by atoms with van der Waals surface area (Å²) in [5, 5.41) is 2.99. The van der Waals surface area contributed by atoms with Crippen LogP contribution < -0.4 is 10.0 Å². The van der Waals surface area contributed by atoms with Crippen molar-refractivity contribution < 1.29 is 17.2 Å². The molecule has 0 saturated heterocycles. The van der Waals surface area contributed by atoms with Crippen molar-refractivity contribution in [2.24, 2.45) is 0 Å². The number of pyridine rings is 1. The molecule has 14 heteroatoms. The Balaban J connectivity index is 1.65. The van der Waals surface area contributed by atoms with Gasteiger partial charge in [0.15, 0.2) is 5.82 Å². The van der Waals surface area contributed by atoms with Gasteiger partial charge in [-0.25, -0.2) is 32.2 Å². The maximum atomic E-state index is 16.0. The molecule has 8 nitrogen and oxygen atoms in total. The predicted octanol–water partition coefficient (Wildman–Crippen LogP) is 6.76. The van der Waals surface area contributed by atoms with Crippen LogP contribution in [0.25, 0.3) is 32.5 Å². The van der Waals surface area contributed by atoms with Crippen LogP contribution in [0.2, 0.25) is 10.0 Å². The number of hydrogen-bond acceptors (Lipinski definition) is 8. The van der Waals surface area contributed by atoms with Gasteiger partial charge in [0.25, 0.3) is 10.0 Å². The Bertz CT molecular complexity index is 1780. The fourth-order valence-electron chi connectivity index (χ4n) is 3.62. The SMILES string of the molecule is CNc1nccc(-c2sc(-c3ccc(F)cn3)nc2-c2cccc(NS(=O)(=O)c3c(Cl)cccc3Cl)c2F)n1. The van der Waals surface area contributed by atoms with Crippen molar-refractivity contribution >= 4 is 56.2 Å². The lowest BCUT2D eigenvalue weighted by atomic mass is 10.1. The van der Waals surface area contributed by atoms with Crippen LogP contribution in [0.1, 0.15) is 0 Å². The molecule has 0 atom stereocenters. The van der Waals surface area contributed by atoms with Gasteiger partial charge in [-0.1, -0.05) is 35.3 Å². The van der Waals surface area contributed by atoms with Gasteiger partial charge < -0.3 is 5.32 Å². The second kappa shape index (κ2) is 10.8. The molecule has 3 heterocycles. The third-order valence-corrected chi connectivity index (χ3v) is 8.79. The summed E-state index contributed by atoms with van der Waals surface area (Å²) in [4.78, 5) is 17.3. The molecule has 2 aromatic carbocycles. The van der Waals surface area contributed by atoms with Crippen LogP contribution in [-0.4, -0.2) is 35.4 Å².